The number of aromatic hydroxyl groups is 1. The largest absolute Gasteiger partial charge is 0.507 e. The van der Waals surface area contributed by atoms with Crippen LogP contribution in [0.15, 0.2) is 59.5 Å². The number of carbonyl (C=O) groups is 1. The highest BCUT2D eigenvalue weighted by molar-refractivity contribution is 7.99. The van der Waals surface area contributed by atoms with Crippen molar-refractivity contribution < 1.29 is 9.90 Å². The number of benzene rings is 2. The minimum atomic E-state index is 0.0343. The molecule has 0 aliphatic rings. The van der Waals surface area contributed by atoms with Crippen LogP contribution < -0.4 is 0 Å². The molecule has 1 atom stereocenters. The number of hydrogen-bond acceptors (Lipinski definition) is 3. The Hall–Kier alpha value is -1.74. The molecule has 2 rings (SSSR count). The van der Waals surface area contributed by atoms with Crippen molar-refractivity contribution in [2.75, 3.05) is 0 Å². The molecule has 0 aliphatic heterocycles. The summed E-state index contributed by atoms with van der Waals surface area (Å²) in [5, 5.41) is 9.87. The van der Waals surface area contributed by atoms with E-state index in [1.165, 1.54) is 11.8 Å². The summed E-state index contributed by atoms with van der Waals surface area (Å²) in [6.45, 7) is 1.60. The molecule has 0 saturated heterocycles. The summed E-state index contributed by atoms with van der Waals surface area (Å²) >= 11 is 1.53. The first kappa shape index (κ1) is 13.7. The van der Waals surface area contributed by atoms with Crippen molar-refractivity contribution in [2.45, 2.75) is 23.5 Å². The fourth-order valence-corrected chi connectivity index (χ4v) is 3.13. The summed E-state index contributed by atoms with van der Waals surface area (Å²) in [5.74, 6) is 0.411. The molecule has 0 fully saturated rings. The summed E-state index contributed by atoms with van der Waals surface area (Å²) in [6.07, 6.45) is 0.461. The molecule has 2 aromatic rings. The third-order valence-electron chi connectivity index (χ3n) is 2.78. The van der Waals surface area contributed by atoms with Crippen molar-refractivity contribution in [3.63, 3.8) is 0 Å². The van der Waals surface area contributed by atoms with Crippen LogP contribution >= 0.6 is 11.8 Å². The molecule has 1 N–H and O–H groups in total. The van der Waals surface area contributed by atoms with Crippen LogP contribution in [0.5, 0.6) is 5.75 Å². The molecule has 3 heteroatoms. The third-order valence-corrected chi connectivity index (χ3v) is 4.10. The van der Waals surface area contributed by atoms with Gasteiger partial charge in [-0.15, -0.1) is 11.8 Å². The average molecular weight is 272 g/mol. The summed E-state index contributed by atoms with van der Waals surface area (Å²) in [7, 11) is 0. The molecule has 0 amide bonds. The van der Waals surface area contributed by atoms with E-state index in [-0.39, 0.29) is 16.8 Å². The third kappa shape index (κ3) is 3.86. The lowest BCUT2D eigenvalue weighted by molar-refractivity contribution is -0.117. The maximum Gasteiger partial charge on any atom is 0.131 e. The summed E-state index contributed by atoms with van der Waals surface area (Å²) in [4.78, 5) is 12.2. The Balaban J connectivity index is 2.24. The van der Waals surface area contributed by atoms with Gasteiger partial charge >= 0.3 is 0 Å². The number of phenols is 1. The molecule has 0 saturated carbocycles. The molecule has 0 aromatic heterocycles. The lowest BCUT2D eigenvalue weighted by Crippen LogP contribution is -2.00. The van der Waals surface area contributed by atoms with E-state index < -0.39 is 0 Å². The van der Waals surface area contributed by atoms with Crippen molar-refractivity contribution >= 4 is 17.5 Å². The fourth-order valence-electron chi connectivity index (χ4n) is 1.87. The van der Waals surface area contributed by atoms with Crippen LogP contribution in [0.2, 0.25) is 0 Å². The van der Waals surface area contributed by atoms with E-state index in [4.69, 9.17) is 0 Å². The number of phenolic OH excluding ortho intramolecular Hbond substituents is 1. The Kier molecular flexibility index (Phi) is 4.63. The predicted molar refractivity (Wildman–Crippen MR) is 78.4 cm³/mol. The predicted octanol–water partition coefficient (Wildman–Crippen LogP) is 4.20. The topological polar surface area (TPSA) is 37.3 Å². The van der Waals surface area contributed by atoms with Gasteiger partial charge in [-0.1, -0.05) is 42.5 Å². The Bertz CT molecular complexity index is 552. The van der Waals surface area contributed by atoms with Crippen LogP contribution in [-0.2, 0) is 4.79 Å². The molecule has 1 unspecified atom stereocenters. The highest BCUT2D eigenvalue weighted by Crippen LogP contribution is 2.41. The lowest BCUT2D eigenvalue weighted by Gasteiger charge is -2.16. The van der Waals surface area contributed by atoms with E-state index in [1.54, 1.807) is 19.1 Å². The van der Waals surface area contributed by atoms with Gasteiger partial charge in [-0.3, -0.25) is 4.79 Å². The van der Waals surface area contributed by atoms with Crippen LogP contribution in [0.4, 0.5) is 0 Å². The normalized spacial score (nSPS) is 12.1. The van der Waals surface area contributed by atoms with Crippen molar-refractivity contribution in [1.82, 2.24) is 0 Å². The zero-order valence-electron chi connectivity index (χ0n) is 10.7. The lowest BCUT2D eigenvalue weighted by atomic mass is 10.1. The second-order valence-electron chi connectivity index (χ2n) is 4.39. The molecule has 0 spiro atoms. The molecule has 0 aliphatic carbocycles. The highest BCUT2D eigenvalue weighted by atomic mass is 32.2. The van der Waals surface area contributed by atoms with Crippen LogP contribution in [0.1, 0.15) is 24.2 Å². The minimum absolute atomic E-state index is 0.0343. The van der Waals surface area contributed by atoms with E-state index in [1.807, 2.05) is 42.5 Å². The molecular weight excluding hydrogens is 256 g/mol. The van der Waals surface area contributed by atoms with Crippen LogP contribution in [0, 0.1) is 0 Å². The number of hydrogen-bond donors (Lipinski definition) is 1. The van der Waals surface area contributed by atoms with Crippen molar-refractivity contribution in [3.8, 4) is 5.75 Å². The fraction of sp³-hybridized carbons (Fsp3) is 0.188. The molecule has 0 radical (unpaired) electrons. The number of ketones is 1. The number of Topliss-reactive ketones (excluding diaryl/α,β-unsaturated/α-hetero) is 1. The van der Waals surface area contributed by atoms with Crippen LogP contribution in [0.25, 0.3) is 0 Å². The number of rotatable bonds is 5. The number of thioether (sulfide) groups is 1. The Morgan fingerprint density at radius 1 is 1.11 bits per heavy atom. The summed E-state index contributed by atoms with van der Waals surface area (Å²) in [6, 6.07) is 17.1. The summed E-state index contributed by atoms with van der Waals surface area (Å²) in [5.41, 5.74) is 1.10. The molecule has 2 nitrogen and oxygen atoms in total. The van der Waals surface area contributed by atoms with Gasteiger partial charge in [0.05, 0.1) is 0 Å². The molecule has 0 heterocycles. The van der Waals surface area contributed by atoms with Crippen molar-refractivity contribution in [2.24, 2.45) is 0 Å². The van der Waals surface area contributed by atoms with Gasteiger partial charge < -0.3 is 5.11 Å². The first-order valence-corrected chi connectivity index (χ1v) is 7.04. The SMILES string of the molecule is CC(=O)CC(Sc1ccccc1O)c1ccccc1. The number of carbonyl (C=O) groups excluding carboxylic acids is 1. The van der Waals surface area contributed by atoms with Gasteiger partial charge in [0, 0.05) is 16.6 Å². The Labute approximate surface area is 117 Å². The second-order valence-corrected chi connectivity index (χ2v) is 5.64. The van der Waals surface area contributed by atoms with Crippen molar-refractivity contribution in [3.05, 3.63) is 60.2 Å². The van der Waals surface area contributed by atoms with Gasteiger partial charge in [0.15, 0.2) is 0 Å². The van der Waals surface area contributed by atoms with E-state index >= 15 is 0 Å². The summed E-state index contributed by atoms with van der Waals surface area (Å²) < 4.78 is 0. The molecule has 19 heavy (non-hydrogen) atoms. The van der Waals surface area contributed by atoms with Gasteiger partial charge in [-0.2, -0.15) is 0 Å². The smallest absolute Gasteiger partial charge is 0.131 e. The molecular formula is C16H16O2S. The molecule has 98 valence electrons. The maximum atomic E-state index is 11.4. The van der Waals surface area contributed by atoms with Crippen molar-refractivity contribution in [1.29, 1.82) is 0 Å². The van der Waals surface area contributed by atoms with Gasteiger partial charge in [-0.25, -0.2) is 0 Å². The average Bonchev–Trinajstić information content (AvgIpc) is 2.41. The quantitative estimate of drug-likeness (QED) is 0.829. The number of para-hydroxylation sites is 1. The van der Waals surface area contributed by atoms with Gasteiger partial charge in [-0.05, 0) is 24.6 Å². The minimum Gasteiger partial charge on any atom is -0.507 e. The highest BCUT2D eigenvalue weighted by Gasteiger charge is 2.16. The van der Waals surface area contributed by atoms with E-state index in [0.29, 0.717) is 6.42 Å². The maximum absolute atomic E-state index is 11.4. The Morgan fingerprint density at radius 2 is 1.74 bits per heavy atom. The van der Waals surface area contributed by atoms with E-state index in [0.717, 1.165) is 10.5 Å². The van der Waals surface area contributed by atoms with E-state index in [2.05, 4.69) is 0 Å². The van der Waals surface area contributed by atoms with Crippen LogP contribution in [0.3, 0.4) is 0 Å². The second kappa shape index (κ2) is 6.43. The zero-order valence-corrected chi connectivity index (χ0v) is 11.6. The zero-order chi connectivity index (χ0) is 13.7. The van der Waals surface area contributed by atoms with Gasteiger partial charge in [0.25, 0.3) is 0 Å². The first-order chi connectivity index (χ1) is 9.16. The van der Waals surface area contributed by atoms with E-state index in [9.17, 15) is 9.90 Å². The molecule has 2 aromatic carbocycles. The Morgan fingerprint density at radius 3 is 2.37 bits per heavy atom. The first-order valence-electron chi connectivity index (χ1n) is 6.16. The standard InChI is InChI=1S/C16H16O2S/c1-12(17)11-16(13-7-3-2-4-8-13)19-15-10-6-5-9-14(15)18/h2-10,16,18H,11H2,1H3. The van der Waals surface area contributed by atoms with Gasteiger partial charge in [0.2, 0.25) is 0 Å². The monoisotopic (exact) mass is 272 g/mol. The van der Waals surface area contributed by atoms with Crippen LogP contribution in [-0.4, -0.2) is 10.9 Å². The molecule has 0 bridgehead atoms. The van der Waals surface area contributed by atoms with Gasteiger partial charge in [0.1, 0.15) is 11.5 Å².